The van der Waals surface area contributed by atoms with Gasteiger partial charge in [-0.3, -0.25) is 4.79 Å². The predicted octanol–water partition coefficient (Wildman–Crippen LogP) is 7.93. The number of benzene rings is 2. The normalized spacial score (nSPS) is 12.8. The van der Waals surface area contributed by atoms with Gasteiger partial charge in [0.25, 0.3) is 0 Å². The molecular weight excluding hydrogens is 380 g/mol. The minimum atomic E-state index is -0.590. The summed E-state index contributed by atoms with van der Waals surface area (Å²) in [5.74, 6) is 0.462. The average Bonchev–Trinajstić information content (AvgIpc) is 2.58. The molecule has 0 saturated carbocycles. The van der Waals surface area contributed by atoms with Gasteiger partial charge in [0.2, 0.25) is 0 Å². The Morgan fingerprint density at radius 2 is 1.29 bits per heavy atom. The standard InChI is InChI=1S/C29H41O2/c1-17-14-21(27(5,6)7)16-22(19(17)3)24-20(4)18(2)15-23(28(8,9)10)25(24)31-26(30)29(11,12)13/h14-15H,1-13H3. The largest absolute Gasteiger partial charge is 0.425 e. The number of esters is 1. The summed E-state index contributed by atoms with van der Waals surface area (Å²) in [4.78, 5) is 13.0. The van der Waals surface area contributed by atoms with Gasteiger partial charge in [-0.1, -0.05) is 53.7 Å². The molecule has 0 amide bonds. The topological polar surface area (TPSA) is 26.3 Å². The van der Waals surface area contributed by atoms with E-state index in [9.17, 15) is 4.79 Å². The van der Waals surface area contributed by atoms with E-state index in [1.54, 1.807) is 0 Å². The number of carbonyl (C=O) groups excluding carboxylic acids is 1. The smallest absolute Gasteiger partial charge is 0.316 e. The first-order valence-corrected chi connectivity index (χ1v) is 11.3. The summed E-state index contributed by atoms with van der Waals surface area (Å²) in [5.41, 5.74) is 8.18. The molecule has 2 heteroatoms. The molecule has 169 valence electrons. The van der Waals surface area contributed by atoms with E-state index in [1.807, 2.05) is 20.8 Å². The molecule has 0 aliphatic heterocycles. The Morgan fingerprint density at radius 3 is 1.74 bits per heavy atom. The predicted molar refractivity (Wildman–Crippen MR) is 132 cm³/mol. The maximum absolute atomic E-state index is 13.0. The van der Waals surface area contributed by atoms with Crippen LogP contribution in [0.5, 0.6) is 5.75 Å². The van der Waals surface area contributed by atoms with Gasteiger partial charge in [-0.05, 0) is 98.7 Å². The molecule has 0 saturated heterocycles. The molecule has 2 aromatic carbocycles. The zero-order valence-electron chi connectivity index (χ0n) is 22.0. The summed E-state index contributed by atoms with van der Waals surface area (Å²) in [7, 11) is 0. The number of hydrogen-bond acceptors (Lipinski definition) is 2. The molecule has 0 heterocycles. The van der Waals surface area contributed by atoms with Gasteiger partial charge in [-0.15, -0.1) is 0 Å². The molecule has 0 unspecified atom stereocenters. The minimum Gasteiger partial charge on any atom is -0.425 e. The minimum absolute atomic E-state index is 0.0277. The van der Waals surface area contributed by atoms with Gasteiger partial charge in [0, 0.05) is 11.1 Å². The second kappa shape index (κ2) is 8.11. The van der Waals surface area contributed by atoms with Crippen LogP contribution in [0.3, 0.4) is 0 Å². The number of hydrogen-bond donors (Lipinski definition) is 0. The molecule has 0 N–H and O–H groups in total. The van der Waals surface area contributed by atoms with Crippen molar-refractivity contribution < 1.29 is 9.53 Å². The molecule has 0 bridgehead atoms. The van der Waals surface area contributed by atoms with Gasteiger partial charge in [-0.25, -0.2) is 0 Å². The van der Waals surface area contributed by atoms with Crippen LogP contribution in [0.2, 0.25) is 0 Å². The van der Waals surface area contributed by atoms with Crippen LogP contribution in [0, 0.1) is 39.2 Å². The molecule has 0 spiro atoms. The van der Waals surface area contributed by atoms with Crippen LogP contribution in [0.25, 0.3) is 11.1 Å². The fourth-order valence-corrected chi connectivity index (χ4v) is 3.54. The Kier molecular flexibility index (Phi) is 6.59. The summed E-state index contributed by atoms with van der Waals surface area (Å²) >= 11 is 0. The van der Waals surface area contributed by atoms with Crippen molar-refractivity contribution in [3.8, 4) is 16.9 Å². The van der Waals surface area contributed by atoms with Gasteiger partial charge < -0.3 is 4.74 Å². The van der Waals surface area contributed by atoms with Gasteiger partial charge in [0.15, 0.2) is 0 Å². The van der Waals surface area contributed by atoms with Gasteiger partial charge in [0.05, 0.1) is 5.41 Å². The SMILES string of the molecule is Cc1cc(C(C)(C)C)[c]c(-c2c(C)c(C)cc(C(C)(C)C)c2OC(=O)C(C)(C)C)c1C. The van der Waals surface area contributed by atoms with Crippen molar-refractivity contribution in [1.29, 1.82) is 0 Å². The van der Waals surface area contributed by atoms with Crippen LogP contribution < -0.4 is 4.74 Å². The molecular formula is C29H41O2. The highest BCUT2D eigenvalue weighted by Crippen LogP contribution is 2.45. The Balaban J connectivity index is 3.01. The molecule has 1 radical (unpaired) electrons. The van der Waals surface area contributed by atoms with E-state index in [0.29, 0.717) is 5.75 Å². The summed E-state index contributed by atoms with van der Waals surface area (Å²) in [6, 6.07) is 8.13. The molecule has 0 atom stereocenters. The van der Waals surface area contributed by atoms with Crippen molar-refractivity contribution >= 4 is 5.97 Å². The lowest BCUT2D eigenvalue weighted by atomic mass is 9.78. The lowest BCUT2D eigenvalue weighted by Crippen LogP contribution is -2.27. The molecule has 0 aliphatic rings. The molecule has 2 nitrogen and oxygen atoms in total. The van der Waals surface area contributed by atoms with Crippen molar-refractivity contribution in [3.63, 3.8) is 0 Å². The maximum Gasteiger partial charge on any atom is 0.316 e. The van der Waals surface area contributed by atoms with Crippen molar-refractivity contribution in [1.82, 2.24) is 0 Å². The summed E-state index contributed by atoms with van der Waals surface area (Å²) in [5, 5.41) is 0. The quantitative estimate of drug-likeness (QED) is 0.363. The zero-order valence-corrected chi connectivity index (χ0v) is 22.0. The third kappa shape index (κ3) is 5.22. The van der Waals surface area contributed by atoms with Crippen LogP contribution in [0.1, 0.15) is 95.7 Å². The summed E-state index contributed by atoms with van der Waals surface area (Å²) in [6.07, 6.45) is 0. The fourth-order valence-electron chi connectivity index (χ4n) is 3.54. The van der Waals surface area contributed by atoms with Gasteiger partial charge in [0.1, 0.15) is 5.75 Å². The highest BCUT2D eigenvalue weighted by atomic mass is 16.5. The first-order chi connectivity index (χ1) is 13.9. The lowest BCUT2D eigenvalue weighted by Gasteiger charge is -2.29. The van der Waals surface area contributed by atoms with Crippen LogP contribution in [0.4, 0.5) is 0 Å². The van der Waals surface area contributed by atoms with E-state index in [1.165, 1.54) is 16.7 Å². The Labute approximate surface area is 190 Å². The van der Waals surface area contributed by atoms with Gasteiger partial charge >= 0.3 is 5.97 Å². The second-order valence-corrected chi connectivity index (χ2v) is 12.1. The van der Waals surface area contributed by atoms with Crippen LogP contribution in [-0.4, -0.2) is 5.97 Å². The van der Waals surface area contributed by atoms with Crippen LogP contribution >= 0.6 is 0 Å². The average molecular weight is 422 g/mol. The van der Waals surface area contributed by atoms with E-state index >= 15 is 0 Å². The Hall–Kier alpha value is -2.09. The monoisotopic (exact) mass is 421 g/mol. The third-order valence-electron chi connectivity index (χ3n) is 6.06. The fraction of sp³-hybridized carbons (Fsp3) is 0.552. The van der Waals surface area contributed by atoms with E-state index in [4.69, 9.17) is 4.74 Å². The highest BCUT2D eigenvalue weighted by molar-refractivity contribution is 5.85. The molecule has 2 aromatic rings. The summed E-state index contributed by atoms with van der Waals surface area (Å²) < 4.78 is 6.22. The Morgan fingerprint density at radius 1 is 0.774 bits per heavy atom. The maximum atomic E-state index is 13.0. The molecule has 31 heavy (non-hydrogen) atoms. The first-order valence-electron chi connectivity index (χ1n) is 11.3. The lowest BCUT2D eigenvalue weighted by molar-refractivity contribution is -0.143. The van der Waals surface area contributed by atoms with Crippen LogP contribution in [-0.2, 0) is 15.6 Å². The van der Waals surface area contributed by atoms with Gasteiger partial charge in [-0.2, -0.15) is 0 Å². The number of carbonyl (C=O) groups is 1. The van der Waals surface area contributed by atoms with E-state index in [2.05, 4.69) is 87.4 Å². The van der Waals surface area contributed by atoms with E-state index in [-0.39, 0.29) is 16.8 Å². The molecule has 2 rings (SSSR count). The molecule has 0 aromatic heterocycles. The Bertz CT molecular complexity index is 1000. The molecule has 0 fully saturated rings. The van der Waals surface area contributed by atoms with Crippen molar-refractivity contribution in [2.45, 2.75) is 101 Å². The summed E-state index contributed by atoms with van der Waals surface area (Å²) in [6.45, 7) is 27.4. The first kappa shape index (κ1) is 25.2. The third-order valence-corrected chi connectivity index (χ3v) is 6.06. The number of rotatable bonds is 2. The van der Waals surface area contributed by atoms with E-state index < -0.39 is 5.41 Å². The van der Waals surface area contributed by atoms with E-state index in [0.717, 1.165) is 27.8 Å². The highest BCUT2D eigenvalue weighted by Gasteiger charge is 2.31. The van der Waals surface area contributed by atoms with Crippen LogP contribution in [0.15, 0.2) is 12.1 Å². The zero-order chi connectivity index (χ0) is 24.1. The second-order valence-electron chi connectivity index (χ2n) is 12.1. The van der Waals surface area contributed by atoms with Crippen molar-refractivity contribution in [2.75, 3.05) is 0 Å². The number of aryl methyl sites for hydroxylation is 2. The number of ether oxygens (including phenoxy) is 1. The van der Waals surface area contributed by atoms with Crippen molar-refractivity contribution in [2.24, 2.45) is 5.41 Å². The van der Waals surface area contributed by atoms with Crippen molar-refractivity contribution in [3.05, 3.63) is 51.6 Å². The molecule has 0 aliphatic carbocycles.